The summed E-state index contributed by atoms with van der Waals surface area (Å²) < 4.78 is 0. The van der Waals surface area contributed by atoms with Gasteiger partial charge < -0.3 is 11.1 Å². The van der Waals surface area contributed by atoms with Crippen LogP contribution in [0.5, 0.6) is 0 Å². The molecule has 18 heavy (non-hydrogen) atoms. The lowest BCUT2D eigenvalue weighted by Gasteiger charge is -2.23. The molecule has 0 aliphatic rings. The summed E-state index contributed by atoms with van der Waals surface area (Å²) in [7, 11) is 0. The molecule has 0 fully saturated rings. The zero-order valence-electron chi connectivity index (χ0n) is 11.2. The Kier molecular flexibility index (Phi) is 6.75. The second kappa shape index (κ2) is 7.81. The Hall–Kier alpha value is -0.520. The quantitative estimate of drug-likeness (QED) is 0.810. The van der Waals surface area contributed by atoms with Crippen molar-refractivity contribution in [2.75, 3.05) is 12.0 Å². The van der Waals surface area contributed by atoms with Gasteiger partial charge in [-0.25, -0.2) is 0 Å². The maximum atomic E-state index is 12.0. The average Bonchev–Trinajstić information content (AvgIpc) is 2.85. The minimum atomic E-state index is -0.404. The molecule has 2 atom stereocenters. The second-order valence-electron chi connectivity index (χ2n) is 4.63. The van der Waals surface area contributed by atoms with Gasteiger partial charge in [-0.05, 0) is 35.8 Å². The first-order valence-corrected chi connectivity index (χ1v) is 8.42. The van der Waals surface area contributed by atoms with Crippen LogP contribution in [-0.4, -0.2) is 24.0 Å². The largest absolute Gasteiger partial charge is 0.347 e. The van der Waals surface area contributed by atoms with Crippen molar-refractivity contribution >= 4 is 29.0 Å². The number of hydrogen-bond acceptors (Lipinski definition) is 4. The van der Waals surface area contributed by atoms with Crippen molar-refractivity contribution in [3.8, 4) is 0 Å². The Bertz CT molecular complexity index is 352. The van der Waals surface area contributed by atoms with Gasteiger partial charge in [0.15, 0.2) is 0 Å². The molecular formula is C13H22N2OS2. The molecule has 1 heterocycles. The molecular weight excluding hydrogens is 264 g/mol. The van der Waals surface area contributed by atoms with Crippen LogP contribution in [0, 0.1) is 5.92 Å². The predicted molar refractivity (Wildman–Crippen MR) is 81.0 cm³/mol. The zero-order valence-corrected chi connectivity index (χ0v) is 12.8. The number of nitrogens with two attached hydrogens (primary N) is 1. The molecule has 1 aromatic rings. The van der Waals surface area contributed by atoms with Gasteiger partial charge in [0, 0.05) is 4.88 Å². The van der Waals surface area contributed by atoms with Crippen molar-refractivity contribution in [2.24, 2.45) is 11.7 Å². The molecule has 1 unspecified atom stereocenters. The standard InChI is InChI=1S/C13H22N2OS2/c1-9(2)12(11-5-4-7-18-11)15-13(16)10(14)6-8-17-3/h4-5,7,9-10,12H,6,8,14H2,1-3H3,(H,15,16)/t10-,12?/m1/s1. The summed E-state index contributed by atoms with van der Waals surface area (Å²) in [6, 6.07) is 3.73. The van der Waals surface area contributed by atoms with E-state index in [-0.39, 0.29) is 11.9 Å². The van der Waals surface area contributed by atoms with Crippen molar-refractivity contribution in [3.05, 3.63) is 22.4 Å². The highest BCUT2D eigenvalue weighted by atomic mass is 32.2. The van der Waals surface area contributed by atoms with Crippen molar-refractivity contribution in [2.45, 2.75) is 32.4 Å². The van der Waals surface area contributed by atoms with Crippen molar-refractivity contribution in [3.63, 3.8) is 0 Å². The number of rotatable bonds is 7. The Morgan fingerprint density at radius 1 is 1.56 bits per heavy atom. The van der Waals surface area contributed by atoms with Gasteiger partial charge in [-0.15, -0.1) is 11.3 Å². The normalized spacial score (nSPS) is 14.5. The molecule has 0 spiro atoms. The molecule has 3 nitrogen and oxygen atoms in total. The molecule has 0 aliphatic heterocycles. The van der Waals surface area contributed by atoms with Gasteiger partial charge in [0.05, 0.1) is 12.1 Å². The lowest BCUT2D eigenvalue weighted by molar-refractivity contribution is -0.123. The topological polar surface area (TPSA) is 55.1 Å². The summed E-state index contributed by atoms with van der Waals surface area (Å²) in [5, 5.41) is 5.10. The van der Waals surface area contributed by atoms with E-state index in [4.69, 9.17) is 5.73 Å². The summed E-state index contributed by atoms with van der Waals surface area (Å²) in [5.74, 6) is 1.23. The molecule has 3 N–H and O–H groups in total. The first-order chi connectivity index (χ1) is 8.56. The van der Waals surface area contributed by atoms with Crippen LogP contribution >= 0.6 is 23.1 Å². The van der Waals surface area contributed by atoms with Crippen LogP contribution in [0.25, 0.3) is 0 Å². The Morgan fingerprint density at radius 3 is 2.78 bits per heavy atom. The van der Waals surface area contributed by atoms with Crippen LogP contribution in [0.4, 0.5) is 0 Å². The van der Waals surface area contributed by atoms with Crippen LogP contribution in [0.3, 0.4) is 0 Å². The van der Waals surface area contributed by atoms with Gasteiger partial charge in [-0.3, -0.25) is 4.79 Å². The lowest BCUT2D eigenvalue weighted by Crippen LogP contribution is -2.43. The third-order valence-corrected chi connectivity index (χ3v) is 4.38. The zero-order chi connectivity index (χ0) is 13.5. The summed E-state index contributed by atoms with van der Waals surface area (Å²) in [6.07, 6.45) is 2.75. The highest BCUT2D eigenvalue weighted by Gasteiger charge is 2.22. The van der Waals surface area contributed by atoms with E-state index >= 15 is 0 Å². The number of carbonyl (C=O) groups is 1. The van der Waals surface area contributed by atoms with E-state index < -0.39 is 6.04 Å². The van der Waals surface area contributed by atoms with Gasteiger partial charge in [0.25, 0.3) is 0 Å². The van der Waals surface area contributed by atoms with Gasteiger partial charge in [0.2, 0.25) is 5.91 Å². The van der Waals surface area contributed by atoms with Crippen LogP contribution in [0.2, 0.25) is 0 Å². The second-order valence-corrected chi connectivity index (χ2v) is 6.60. The predicted octanol–water partition coefficient (Wildman–Crippen LogP) is 2.64. The van der Waals surface area contributed by atoms with Gasteiger partial charge in [-0.1, -0.05) is 19.9 Å². The number of nitrogens with one attached hydrogen (secondary N) is 1. The maximum absolute atomic E-state index is 12.0. The number of carbonyl (C=O) groups excluding carboxylic acids is 1. The highest BCUT2D eigenvalue weighted by Crippen LogP contribution is 2.25. The van der Waals surface area contributed by atoms with E-state index in [1.165, 1.54) is 4.88 Å². The van der Waals surface area contributed by atoms with Crippen LogP contribution in [-0.2, 0) is 4.79 Å². The average molecular weight is 286 g/mol. The summed E-state index contributed by atoms with van der Waals surface area (Å²) >= 11 is 3.38. The molecule has 5 heteroatoms. The summed E-state index contributed by atoms with van der Waals surface area (Å²) in [4.78, 5) is 13.2. The Labute approximate surface area is 118 Å². The van der Waals surface area contributed by atoms with E-state index in [0.29, 0.717) is 5.92 Å². The van der Waals surface area contributed by atoms with Crippen molar-refractivity contribution < 1.29 is 4.79 Å². The third-order valence-electron chi connectivity index (χ3n) is 2.78. The van der Waals surface area contributed by atoms with Crippen LogP contribution < -0.4 is 11.1 Å². The SMILES string of the molecule is CSCC[C@@H](N)C(=O)NC(c1cccs1)C(C)C. The summed E-state index contributed by atoms with van der Waals surface area (Å²) in [5.41, 5.74) is 5.88. The molecule has 0 aromatic carbocycles. The van der Waals surface area contributed by atoms with Crippen LogP contribution in [0.1, 0.15) is 31.2 Å². The fraction of sp³-hybridized carbons (Fsp3) is 0.615. The molecule has 0 saturated carbocycles. The van der Waals surface area contributed by atoms with Gasteiger partial charge in [0.1, 0.15) is 0 Å². The molecule has 0 radical (unpaired) electrons. The fourth-order valence-corrected chi connectivity index (χ4v) is 3.11. The van der Waals surface area contributed by atoms with Crippen LogP contribution in [0.15, 0.2) is 17.5 Å². The smallest absolute Gasteiger partial charge is 0.237 e. The molecule has 0 saturated heterocycles. The van der Waals surface area contributed by atoms with Gasteiger partial charge in [-0.2, -0.15) is 11.8 Å². The molecule has 0 bridgehead atoms. The number of amides is 1. The monoisotopic (exact) mass is 286 g/mol. The van der Waals surface area contributed by atoms with Gasteiger partial charge >= 0.3 is 0 Å². The third kappa shape index (κ3) is 4.63. The highest BCUT2D eigenvalue weighted by molar-refractivity contribution is 7.98. The first kappa shape index (κ1) is 15.5. The van der Waals surface area contributed by atoms with E-state index in [0.717, 1.165) is 12.2 Å². The summed E-state index contributed by atoms with van der Waals surface area (Å²) in [6.45, 7) is 4.22. The molecule has 102 valence electrons. The number of thiophene rings is 1. The Balaban J connectivity index is 2.59. The number of hydrogen-bond donors (Lipinski definition) is 2. The van der Waals surface area contributed by atoms with E-state index in [1.807, 2.05) is 17.7 Å². The minimum absolute atomic E-state index is 0.0452. The minimum Gasteiger partial charge on any atom is -0.347 e. The molecule has 1 aromatic heterocycles. The molecule has 1 amide bonds. The number of thioether (sulfide) groups is 1. The van der Waals surface area contributed by atoms with E-state index in [9.17, 15) is 4.79 Å². The maximum Gasteiger partial charge on any atom is 0.237 e. The van der Waals surface area contributed by atoms with E-state index in [1.54, 1.807) is 23.1 Å². The van der Waals surface area contributed by atoms with Crippen molar-refractivity contribution in [1.82, 2.24) is 5.32 Å². The lowest BCUT2D eigenvalue weighted by atomic mass is 10.0. The van der Waals surface area contributed by atoms with Crippen molar-refractivity contribution in [1.29, 1.82) is 0 Å². The first-order valence-electron chi connectivity index (χ1n) is 6.14. The Morgan fingerprint density at radius 2 is 2.28 bits per heavy atom. The fourth-order valence-electron chi connectivity index (χ4n) is 1.67. The van der Waals surface area contributed by atoms with E-state index in [2.05, 4.69) is 25.2 Å². The molecule has 0 aliphatic carbocycles. The molecule has 1 rings (SSSR count).